The molecule has 0 aliphatic carbocycles. The standard InChI is InChI=1S/C17H13ClN2O4/c1-10-15(16(17(22)23)24-19-10)12-4-7-14(21)20(9-12)8-11-2-5-13(18)6-3-11/h2-7,9H,8H2,1H3,(H,22,23). The van der Waals surface area contributed by atoms with Gasteiger partial charge in [-0.1, -0.05) is 28.9 Å². The minimum Gasteiger partial charge on any atom is -0.475 e. The maximum absolute atomic E-state index is 12.1. The molecular weight excluding hydrogens is 332 g/mol. The van der Waals surface area contributed by atoms with Crippen molar-refractivity contribution >= 4 is 17.6 Å². The van der Waals surface area contributed by atoms with Gasteiger partial charge in [0.25, 0.3) is 11.3 Å². The second kappa shape index (κ2) is 6.33. The first-order valence-corrected chi connectivity index (χ1v) is 7.48. The maximum atomic E-state index is 12.1. The largest absolute Gasteiger partial charge is 0.475 e. The number of hydrogen-bond acceptors (Lipinski definition) is 4. The van der Waals surface area contributed by atoms with E-state index in [9.17, 15) is 14.7 Å². The summed E-state index contributed by atoms with van der Waals surface area (Å²) in [6, 6.07) is 10.1. The van der Waals surface area contributed by atoms with Gasteiger partial charge in [0, 0.05) is 22.8 Å². The van der Waals surface area contributed by atoms with Gasteiger partial charge in [-0.3, -0.25) is 4.79 Å². The third-order valence-corrected chi connectivity index (χ3v) is 3.85. The molecule has 0 fully saturated rings. The number of aromatic carboxylic acids is 1. The minimum absolute atomic E-state index is 0.195. The fourth-order valence-corrected chi connectivity index (χ4v) is 2.57. The minimum atomic E-state index is -1.21. The number of carbonyl (C=O) groups is 1. The van der Waals surface area contributed by atoms with Crippen LogP contribution in [0.5, 0.6) is 0 Å². The van der Waals surface area contributed by atoms with Gasteiger partial charge in [0.05, 0.1) is 17.8 Å². The Morgan fingerprint density at radius 3 is 2.62 bits per heavy atom. The maximum Gasteiger partial charge on any atom is 0.375 e. The lowest BCUT2D eigenvalue weighted by molar-refractivity contribution is 0.0653. The molecule has 3 aromatic rings. The van der Waals surface area contributed by atoms with Crippen molar-refractivity contribution in [2.45, 2.75) is 13.5 Å². The molecule has 0 saturated carbocycles. The molecule has 3 rings (SSSR count). The van der Waals surface area contributed by atoms with Gasteiger partial charge >= 0.3 is 5.97 Å². The molecule has 0 bridgehead atoms. The summed E-state index contributed by atoms with van der Waals surface area (Å²) in [5, 5.41) is 13.5. The molecule has 0 amide bonds. The van der Waals surface area contributed by atoms with Gasteiger partial charge in [-0.15, -0.1) is 0 Å². The second-order valence-electron chi connectivity index (χ2n) is 5.29. The molecule has 2 aromatic heterocycles. The Bertz CT molecular complexity index is 957. The molecule has 24 heavy (non-hydrogen) atoms. The Balaban J connectivity index is 2.04. The Morgan fingerprint density at radius 1 is 1.25 bits per heavy atom. The van der Waals surface area contributed by atoms with E-state index in [1.807, 2.05) is 12.1 Å². The van der Waals surface area contributed by atoms with Crippen LogP contribution in [0.2, 0.25) is 5.02 Å². The van der Waals surface area contributed by atoms with E-state index in [1.54, 1.807) is 31.3 Å². The number of hydrogen-bond donors (Lipinski definition) is 1. The zero-order valence-electron chi connectivity index (χ0n) is 12.7. The van der Waals surface area contributed by atoms with Gasteiger partial charge in [0.1, 0.15) is 0 Å². The summed E-state index contributed by atoms with van der Waals surface area (Å²) in [7, 11) is 0. The molecule has 2 heterocycles. The number of aromatic nitrogens is 2. The molecule has 0 spiro atoms. The van der Waals surface area contributed by atoms with Crippen LogP contribution in [0.1, 0.15) is 21.8 Å². The zero-order chi connectivity index (χ0) is 17.3. The quantitative estimate of drug-likeness (QED) is 0.785. The molecular formula is C17H13ClN2O4. The van der Waals surface area contributed by atoms with E-state index < -0.39 is 5.97 Å². The first kappa shape index (κ1) is 16.0. The van der Waals surface area contributed by atoms with Crippen LogP contribution in [0.25, 0.3) is 11.1 Å². The zero-order valence-corrected chi connectivity index (χ0v) is 13.4. The van der Waals surface area contributed by atoms with E-state index in [2.05, 4.69) is 5.16 Å². The van der Waals surface area contributed by atoms with E-state index >= 15 is 0 Å². The average Bonchev–Trinajstić information content (AvgIpc) is 2.94. The molecule has 0 atom stereocenters. The van der Waals surface area contributed by atoms with Gasteiger partial charge in [0.2, 0.25) is 0 Å². The first-order valence-electron chi connectivity index (χ1n) is 7.10. The Hall–Kier alpha value is -2.86. The lowest BCUT2D eigenvalue weighted by Gasteiger charge is -2.08. The van der Waals surface area contributed by atoms with Crippen LogP contribution in [0.3, 0.4) is 0 Å². The third-order valence-electron chi connectivity index (χ3n) is 3.60. The highest BCUT2D eigenvalue weighted by molar-refractivity contribution is 6.30. The second-order valence-corrected chi connectivity index (χ2v) is 5.72. The molecule has 6 nitrogen and oxygen atoms in total. The summed E-state index contributed by atoms with van der Waals surface area (Å²) in [4.78, 5) is 23.4. The van der Waals surface area contributed by atoms with Crippen molar-refractivity contribution in [3.63, 3.8) is 0 Å². The van der Waals surface area contributed by atoms with Crippen LogP contribution < -0.4 is 5.56 Å². The first-order chi connectivity index (χ1) is 11.5. The van der Waals surface area contributed by atoms with Gasteiger partial charge < -0.3 is 14.2 Å². The van der Waals surface area contributed by atoms with Gasteiger partial charge in [0.15, 0.2) is 0 Å². The molecule has 7 heteroatoms. The van der Waals surface area contributed by atoms with E-state index in [0.29, 0.717) is 28.4 Å². The summed E-state index contributed by atoms with van der Waals surface area (Å²) in [6.45, 7) is 2.00. The number of aryl methyl sites for hydroxylation is 1. The highest BCUT2D eigenvalue weighted by Crippen LogP contribution is 2.26. The Kier molecular flexibility index (Phi) is 4.22. The number of carboxylic acids is 1. The molecule has 0 aliphatic heterocycles. The molecule has 122 valence electrons. The lowest BCUT2D eigenvalue weighted by atomic mass is 10.1. The van der Waals surface area contributed by atoms with Gasteiger partial charge in [-0.2, -0.15) is 0 Å². The monoisotopic (exact) mass is 344 g/mol. The SMILES string of the molecule is Cc1noc(C(=O)O)c1-c1ccc(=O)n(Cc2ccc(Cl)cc2)c1. The smallest absolute Gasteiger partial charge is 0.375 e. The highest BCUT2D eigenvalue weighted by Gasteiger charge is 2.21. The van der Waals surface area contributed by atoms with Crippen molar-refractivity contribution in [3.05, 3.63) is 75.0 Å². The van der Waals surface area contributed by atoms with Crippen molar-refractivity contribution in [1.29, 1.82) is 0 Å². The molecule has 0 unspecified atom stereocenters. The van der Waals surface area contributed by atoms with Gasteiger partial charge in [-0.25, -0.2) is 4.79 Å². The van der Waals surface area contributed by atoms with Crippen LogP contribution in [0.4, 0.5) is 0 Å². The van der Waals surface area contributed by atoms with Crippen molar-refractivity contribution in [2.24, 2.45) is 0 Å². The fraction of sp³-hybridized carbons (Fsp3) is 0.118. The summed E-state index contributed by atoms with van der Waals surface area (Å²) in [6.07, 6.45) is 1.60. The van der Waals surface area contributed by atoms with Crippen molar-refractivity contribution < 1.29 is 14.4 Å². The average molecular weight is 345 g/mol. The van der Waals surface area contributed by atoms with Crippen LogP contribution in [0, 0.1) is 6.92 Å². The van der Waals surface area contributed by atoms with E-state index in [4.69, 9.17) is 16.1 Å². The normalized spacial score (nSPS) is 10.8. The number of halogens is 1. The fourth-order valence-electron chi connectivity index (χ4n) is 2.44. The number of benzene rings is 1. The summed E-state index contributed by atoms with van der Waals surface area (Å²) < 4.78 is 6.36. The molecule has 1 N–H and O–H groups in total. The molecule has 0 saturated heterocycles. The topological polar surface area (TPSA) is 85.3 Å². The van der Waals surface area contributed by atoms with Crippen LogP contribution >= 0.6 is 11.6 Å². The third kappa shape index (κ3) is 3.09. The van der Waals surface area contributed by atoms with Gasteiger partial charge in [-0.05, 0) is 30.7 Å². The Labute approximate surface area is 141 Å². The van der Waals surface area contributed by atoms with E-state index in [1.165, 1.54) is 10.6 Å². The van der Waals surface area contributed by atoms with Crippen LogP contribution in [0.15, 0.2) is 51.9 Å². The summed E-state index contributed by atoms with van der Waals surface area (Å²) in [5.74, 6) is -1.45. The van der Waals surface area contributed by atoms with E-state index in [-0.39, 0.29) is 11.3 Å². The number of pyridine rings is 1. The number of rotatable bonds is 4. The number of nitrogens with zero attached hydrogens (tertiary/aromatic N) is 2. The molecule has 1 aromatic carbocycles. The highest BCUT2D eigenvalue weighted by atomic mass is 35.5. The number of carboxylic acid groups (broad SMARTS) is 1. The van der Waals surface area contributed by atoms with E-state index in [0.717, 1.165) is 5.56 Å². The molecule has 0 radical (unpaired) electrons. The van der Waals surface area contributed by atoms with Crippen molar-refractivity contribution in [2.75, 3.05) is 0 Å². The van der Waals surface area contributed by atoms with Crippen LogP contribution in [-0.2, 0) is 6.54 Å². The predicted octanol–water partition coefficient (Wildman–Crippen LogP) is 3.21. The Morgan fingerprint density at radius 2 is 1.96 bits per heavy atom. The van der Waals surface area contributed by atoms with Crippen molar-refractivity contribution in [3.8, 4) is 11.1 Å². The van der Waals surface area contributed by atoms with Crippen molar-refractivity contribution in [1.82, 2.24) is 9.72 Å². The summed E-state index contributed by atoms with van der Waals surface area (Å²) in [5.41, 5.74) is 2.08. The molecule has 0 aliphatic rings. The summed E-state index contributed by atoms with van der Waals surface area (Å²) >= 11 is 5.86. The predicted molar refractivity (Wildman–Crippen MR) is 88.4 cm³/mol. The van der Waals surface area contributed by atoms with Crippen LogP contribution in [-0.4, -0.2) is 20.8 Å². The lowest BCUT2D eigenvalue weighted by Crippen LogP contribution is -2.19.